The lowest BCUT2D eigenvalue weighted by atomic mass is 9.86. The Bertz CT molecular complexity index is 829. The van der Waals surface area contributed by atoms with Gasteiger partial charge < -0.3 is 9.84 Å². The van der Waals surface area contributed by atoms with E-state index in [1.165, 1.54) is 22.9 Å². The number of aliphatic hydroxyl groups is 1. The number of hydrogen-bond acceptors (Lipinski definition) is 6. The zero-order chi connectivity index (χ0) is 20.3. The third kappa shape index (κ3) is 3.88. The van der Waals surface area contributed by atoms with Gasteiger partial charge >= 0.3 is 12.1 Å². The summed E-state index contributed by atoms with van der Waals surface area (Å²) in [7, 11) is -4.35. The number of sulfonamides is 1. The van der Waals surface area contributed by atoms with E-state index in [0.717, 1.165) is 19.1 Å². The molecule has 144 valence electrons. The van der Waals surface area contributed by atoms with E-state index < -0.39 is 49.7 Å². The van der Waals surface area contributed by atoms with Gasteiger partial charge in [-0.15, -0.1) is 0 Å². The minimum atomic E-state index is -5.65. The first-order chi connectivity index (χ1) is 11.8. The predicted octanol–water partition coefficient (Wildman–Crippen LogP) is 1.86. The highest BCUT2D eigenvalue weighted by Crippen LogP contribution is 2.40. The second-order valence-electron chi connectivity index (χ2n) is 5.17. The number of nitrogens with one attached hydrogen (secondary N) is 1. The third-order valence-electron chi connectivity index (χ3n) is 3.35. The van der Waals surface area contributed by atoms with Gasteiger partial charge in [0.1, 0.15) is 0 Å². The lowest BCUT2D eigenvalue weighted by molar-refractivity contribution is -0.200. The summed E-state index contributed by atoms with van der Waals surface area (Å²) in [6.45, 7) is 1.37. The van der Waals surface area contributed by atoms with Crippen LogP contribution in [0.5, 0.6) is 0 Å². The summed E-state index contributed by atoms with van der Waals surface area (Å²) in [4.78, 5) is 23.2. The number of Topliss-reactive ketones (excluding diaryl/α,β-unsaturated/α-hetero) is 1. The molecule has 0 saturated carbocycles. The van der Waals surface area contributed by atoms with Crippen LogP contribution in [-0.2, 0) is 24.3 Å². The lowest BCUT2D eigenvalue weighted by Gasteiger charge is -2.34. The van der Waals surface area contributed by atoms with Crippen LogP contribution in [-0.4, -0.2) is 44.1 Å². The van der Waals surface area contributed by atoms with Gasteiger partial charge in [-0.3, -0.25) is 4.79 Å². The maximum absolute atomic E-state index is 13.9. The summed E-state index contributed by atoms with van der Waals surface area (Å²) in [6.07, 6.45) is -5.65. The van der Waals surface area contributed by atoms with Gasteiger partial charge in [0, 0.05) is 0 Å². The van der Waals surface area contributed by atoms with E-state index in [9.17, 15) is 36.3 Å². The molecule has 0 radical (unpaired) electrons. The molecule has 26 heavy (non-hydrogen) atoms. The SMILES string of the molecule is COC(=O)[C@@](NS(=O)(=O)c1ccccc1)(/C(C(C)=O)=C(/C)O)C(F)(F)F. The zero-order valence-electron chi connectivity index (χ0n) is 13.9. The van der Waals surface area contributed by atoms with Crippen molar-refractivity contribution in [3.63, 3.8) is 0 Å². The minimum absolute atomic E-state index is 0.587. The fraction of sp³-hybridized carbons (Fsp3) is 0.333. The number of halogens is 3. The van der Waals surface area contributed by atoms with E-state index in [1.807, 2.05) is 0 Å². The number of hydrogen-bond donors (Lipinski definition) is 2. The fourth-order valence-corrected chi connectivity index (χ4v) is 3.65. The maximum atomic E-state index is 13.9. The highest BCUT2D eigenvalue weighted by molar-refractivity contribution is 7.89. The number of ether oxygens (including phenoxy) is 1. The van der Waals surface area contributed by atoms with Gasteiger partial charge in [0.05, 0.1) is 23.3 Å². The molecule has 0 aliphatic carbocycles. The number of aliphatic hydroxyl groups excluding tert-OH is 1. The van der Waals surface area contributed by atoms with Crippen LogP contribution in [0.3, 0.4) is 0 Å². The van der Waals surface area contributed by atoms with Crippen molar-refractivity contribution >= 4 is 21.8 Å². The molecule has 0 unspecified atom stereocenters. The Morgan fingerprint density at radius 3 is 1.96 bits per heavy atom. The lowest BCUT2D eigenvalue weighted by Crippen LogP contribution is -2.66. The number of ketones is 1. The van der Waals surface area contributed by atoms with E-state index in [0.29, 0.717) is 14.0 Å². The zero-order valence-corrected chi connectivity index (χ0v) is 14.7. The number of alkyl halides is 3. The van der Waals surface area contributed by atoms with Gasteiger partial charge in [-0.2, -0.15) is 17.9 Å². The topological polar surface area (TPSA) is 110 Å². The van der Waals surface area contributed by atoms with Crippen molar-refractivity contribution < 1.29 is 41.0 Å². The molecular weight excluding hydrogens is 379 g/mol. The van der Waals surface area contributed by atoms with Gasteiger partial charge in [0.15, 0.2) is 5.78 Å². The molecule has 0 saturated heterocycles. The van der Waals surface area contributed by atoms with Crippen molar-refractivity contribution in [2.24, 2.45) is 0 Å². The number of allylic oxidation sites excluding steroid dienone is 1. The highest BCUT2D eigenvalue weighted by atomic mass is 32.2. The molecule has 1 rings (SSSR count). The van der Waals surface area contributed by atoms with Crippen molar-refractivity contribution in [1.29, 1.82) is 0 Å². The van der Waals surface area contributed by atoms with Crippen molar-refractivity contribution in [2.75, 3.05) is 7.11 Å². The predicted molar refractivity (Wildman–Crippen MR) is 83.6 cm³/mol. The minimum Gasteiger partial charge on any atom is -0.512 e. The van der Waals surface area contributed by atoms with E-state index >= 15 is 0 Å². The molecule has 1 aromatic rings. The Hall–Kier alpha value is -2.40. The van der Waals surface area contributed by atoms with Gasteiger partial charge in [-0.05, 0) is 26.0 Å². The highest BCUT2D eigenvalue weighted by Gasteiger charge is 2.67. The Morgan fingerprint density at radius 2 is 1.62 bits per heavy atom. The van der Waals surface area contributed by atoms with Crippen molar-refractivity contribution in [3.05, 3.63) is 41.7 Å². The van der Waals surface area contributed by atoms with Gasteiger partial charge in [-0.25, -0.2) is 13.2 Å². The molecule has 1 atom stereocenters. The molecule has 0 amide bonds. The Balaban J connectivity index is 3.84. The first-order valence-electron chi connectivity index (χ1n) is 6.96. The summed E-state index contributed by atoms with van der Waals surface area (Å²) < 4.78 is 71.9. The second kappa shape index (κ2) is 7.46. The van der Waals surface area contributed by atoms with E-state index in [2.05, 4.69) is 4.74 Å². The molecule has 1 aromatic carbocycles. The number of rotatable bonds is 6. The van der Waals surface area contributed by atoms with Crippen LogP contribution in [0.25, 0.3) is 0 Å². The number of carbonyl (C=O) groups excluding carboxylic acids is 2. The third-order valence-corrected chi connectivity index (χ3v) is 4.81. The van der Waals surface area contributed by atoms with Crippen molar-refractivity contribution in [3.8, 4) is 0 Å². The number of methoxy groups -OCH3 is 1. The van der Waals surface area contributed by atoms with E-state index in [-0.39, 0.29) is 0 Å². The van der Waals surface area contributed by atoms with Crippen LogP contribution in [0, 0.1) is 0 Å². The van der Waals surface area contributed by atoms with Crippen LogP contribution in [0.4, 0.5) is 13.2 Å². The van der Waals surface area contributed by atoms with Crippen LogP contribution >= 0.6 is 0 Å². The quantitative estimate of drug-likeness (QED) is 0.432. The normalized spacial score (nSPS) is 15.6. The van der Waals surface area contributed by atoms with Crippen LogP contribution < -0.4 is 4.72 Å². The van der Waals surface area contributed by atoms with Crippen LogP contribution in [0.2, 0.25) is 0 Å². The summed E-state index contributed by atoms with van der Waals surface area (Å²) in [5.74, 6) is -4.68. The average Bonchev–Trinajstić information content (AvgIpc) is 2.52. The Morgan fingerprint density at radius 1 is 1.12 bits per heavy atom. The number of benzene rings is 1. The fourth-order valence-electron chi connectivity index (χ4n) is 2.31. The first kappa shape index (κ1) is 21.6. The summed E-state index contributed by atoms with van der Waals surface area (Å²) >= 11 is 0. The Labute approximate surface area is 147 Å². The van der Waals surface area contributed by atoms with E-state index in [1.54, 1.807) is 0 Å². The summed E-state index contributed by atoms with van der Waals surface area (Å²) in [5.41, 5.74) is -5.61. The van der Waals surface area contributed by atoms with Crippen molar-refractivity contribution in [1.82, 2.24) is 4.72 Å². The van der Waals surface area contributed by atoms with Gasteiger partial charge in [0.25, 0.3) is 5.54 Å². The van der Waals surface area contributed by atoms with Crippen LogP contribution in [0.1, 0.15) is 13.8 Å². The second-order valence-corrected chi connectivity index (χ2v) is 6.86. The van der Waals surface area contributed by atoms with E-state index in [4.69, 9.17) is 0 Å². The Kier molecular flexibility index (Phi) is 6.21. The van der Waals surface area contributed by atoms with Gasteiger partial charge in [-0.1, -0.05) is 18.2 Å². The maximum Gasteiger partial charge on any atom is 0.422 e. The molecule has 0 aliphatic rings. The van der Waals surface area contributed by atoms with Crippen LogP contribution in [0.15, 0.2) is 46.6 Å². The molecule has 0 fully saturated rings. The number of carbonyl (C=O) groups is 2. The van der Waals surface area contributed by atoms with Crippen molar-refractivity contribution in [2.45, 2.75) is 30.5 Å². The largest absolute Gasteiger partial charge is 0.512 e. The molecule has 0 heterocycles. The molecule has 0 bridgehead atoms. The standard InChI is InChI=1S/C15H16F3NO6S/c1-9(20)12(10(2)21)14(13(22)25-3,15(16,17)18)19-26(23,24)11-7-5-4-6-8-11/h4-8,19-20H,1-3H3/b12-9-/t14-/m0/s1. The summed E-state index contributed by atoms with van der Waals surface area (Å²) in [5, 5.41) is 9.61. The number of esters is 1. The molecule has 11 heteroatoms. The monoisotopic (exact) mass is 395 g/mol. The molecule has 7 nitrogen and oxygen atoms in total. The molecule has 0 spiro atoms. The van der Waals surface area contributed by atoms with Gasteiger partial charge in [0.2, 0.25) is 10.0 Å². The molecular formula is C15H16F3NO6S. The molecule has 0 aliphatic heterocycles. The molecule has 0 aromatic heterocycles. The smallest absolute Gasteiger partial charge is 0.422 e. The first-order valence-corrected chi connectivity index (χ1v) is 8.45. The summed E-state index contributed by atoms with van der Waals surface area (Å²) in [6, 6.07) is 5.91. The molecule has 2 N–H and O–H groups in total. The average molecular weight is 395 g/mol.